The first-order valence-corrected chi connectivity index (χ1v) is 10.8. The number of carbonyl (C=O) groups excluding carboxylic acids is 1. The molecule has 0 aliphatic carbocycles. The Morgan fingerprint density at radius 2 is 1.70 bits per heavy atom. The van der Waals surface area contributed by atoms with E-state index in [0.29, 0.717) is 6.42 Å². The molecule has 1 heterocycles. The second kappa shape index (κ2) is 11.9. The molecule has 1 atom stereocenters. The molecule has 0 aromatic heterocycles. The lowest BCUT2D eigenvalue weighted by molar-refractivity contribution is -0.138. The number of piperazine rings is 1. The fraction of sp³-hybridized carbons (Fsp3) is 0.375. The first-order chi connectivity index (χ1) is 14.7. The van der Waals surface area contributed by atoms with Crippen LogP contribution in [0, 0.1) is 0 Å². The zero-order valence-electron chi connectivity index (χ0n) is 17.1. The summed E-state index contributed by atoms with van der Waals surface area (Å²) in [7, 11) is 0. The number of benzene rings is 2. The van der Waals surface area contributed by atoms with Crippen molar-refractivity contribution in [2.24, 2.45) is 0 Å². The summed E-state index contributed by atoms with van der Waals surface area (Å²) in [5.74, 6) is -0.353. The van der Waals surface area contributed by atoms with Gasteiger partial charge in [0.2, 0.25) is 0 Å². The van der Waals surface area contributed by atoms with Crippen molar-refractivity contribution in [3.63, 3.8) is 0 Å². The lowest BCUT2D eigenvalue weighted by Crippen LogP contribution is -2.47. The Bertz CT molecular complexity index is 803. The van der Waals surface area contributed by atoms with Crippen LogP contribution in [-0.4, -0.2) is 66.8 Å². The minimum atomic E-state index is -0.353. The average Bonchev–Trinajstić information content (AvgIpc) is 2.77. The van der Waals surface area contributed by atoms with Crippen LogP contribution in [0.4, 0.5) is 0 Å². The number of rotatable bonds is 9. The van der Waals surface area contributed by atoms with Crippen molar-refractivity contribution in [3.05, 3.63) is 82.9 Å². The van der Waals surface area contributed by atoms with E-state index < -0.39 is 0 Å². The summed E-state index contributed by atoms with van der Waals surface area (Å²) in [6.07, 6.45) is 3.80. The molecule has 1 unspecified atom stereocenters. The first kappa shape index (κ1) is 22.5. The maximum absolute atomic E-state index is 11.6. The van der Waals surface area contributed by atoms with Gasteiger partial charge < -0.3 is 9.84 Å². The van der Waals surface area contributed by atoms with Gasteiger partial charge in [0.25, 0.3) is 0 Å². The lowest BCUT2D eigenvalue weighted by Gasteiger charge is -2.39. The van der Waals surface area contributed by atoms with Crippen molar-refractivity contribution >= 4 is 17.6 Å². The molecule has 0 amide bonds. The minimum Gasteiger partial charge on any atom is -0.462 e. The van der Waals surface area contributed by atoms with Crippen LogP contribution in [0.25, 0.3) is 0 Å². The molecule has 2 aromatic rings. The number of halogens is 1. The van der Waals surface area contributed by atoms with Gasteiger partial charge in [-0.3, -0.25) is 9.80 Å². The molecule has 0 bridgehead atoms. The molecule has 0 spiro atoms. The first-order valence-electron chi connectivity index (χ1n) is 10.4. The molecule has 160 valence electrons. The third-order valence-electron chi connectivity index (χ3n) is 5.24. The van der Waals surface area contributed by atoms with Crippen molar-refractivity contribution in [2.45, 2.75) is 12.5 Å². The summed E-state index contributed by atoms with van der Waals surface area (Å²) in [6, 6.07) is 18.9. The normalized spacial score (nSPS) is 16.6. The van der Waals surface area contributed by atoms with E-state index in [1.807, 2.05) is 24.3 Å². The van der Waals surface area contributed by atoms with Crippen molar-refractivity contribution < 1.29 is 14.6 Å². The van der Waals surface area contributed by atoms with Crippen LogP contribution in [0.5, 0.6) is 0 Å². The third kappa shape index (κ3) is 6.67. The predicted octanol–water partition coefficient (Wildman–Crippen LogP) is 3.53. The summed E-state index contributed by atoms with van der Waals surface area (Å²) in [5.41, 5.74) is 2.52. The summed E-state index contributed by atoms with van der Waals surface area (Å²) >= 11 is 6.10. The maximum Gasteiger partial charge on any atom is 0.330 e. The zero-order valence-corrected chi connectivity index (χ0v) is 17.9. The van der Waals surface area contributed by atoms with Gasteiger partial charge in [0, 0.05) is 56.9 Å². The number of hydrogen-bond acceptors (Lipinski definition) is 5. The van der Waals surface area contributed by atoms with E-state index in [1.54, 1.807) is 0 Å². The third-order valence-corrected chi connectivity index (χ3v) is 5.49. The molecule has 5 nitrogen and oxygen atoms in total. The Balaban J connectivity index is 1.57. The van der Waals surface area contributed by atoms with Gasteiger partial charge in [-0.25, -0.2) is 4.79 Å². The topological polar surface area (TPSA) is 53.0 Å². The van der Waals surface area contributed by atoms with Crippen LogP contribution in [0.2, 0.25) is 5.02 Å². The van der Waals surface area contributed by atoms with Gasteiger partial charge in [0.15, 0.2) is 0 Å². The van der Waals surface area contributed by atoms with Gasteiger partial charge >= 0.3 is 5.97 Å². The smallest absolute Gasteiger partial charge is 0.330 e. The molecular formula is C24H29ClN2O3. The molecule has 0 radical (unpaired) electrons. The summed E-state index contributed by atoms with van der Waals surface area (Å²) in [6.45, 7) is 4.75. The molecular weight excluding hydrogens is 400 g/mol. The van der Waals surface area contributed by atoms with Crippen molar-refractivity contribution in [3.8, 4) is 0 Å². The predicted molar refractivity (Wildman–Crippen MR) is 120 cm³/mol. The number of aliphatic hydroxyl groups is 1. The average molecular weight is 429 g/mol. The van der Waals surface area contributed by atoms with E-state index in [0.717, 1.165) is 37.7 Å². The standard InChI is InChI=1S/C24H29ClN2O3/c25-22-11-9-21(10-12-22)24(20-6-2-1-3-7-20)27-16-14-26(15-17-27)13-4-8-23(29)30-19-5-18-28/h1-4,6-12,24,28H,5,13-19H2. The molecule has 1 saturated heterocycles. The van der Waals surface area contributed by atoms with E-state index in [-0.39, 0.29) is 25.2 Å². The van der Waals surface area contributed by atoms with Crippen LogP contribution in [0.15, 0.2) is 66.7 Å². The van der Waals surface area contributed by atoms with Gasteiger partial charge in [0.05, 0.1) is 12.6 Å². The highest BCUT2D eigenvalue weighted by atomic mass is 35.5. The molecule has 1 fully saturated rings. The molecule has 1 aliphatic heterocycles. The highest BCUT2D eigenvalue weighted by molar-refractivity contribution is 6.30. The zero-order chi connectivity index (χ0) is 21.2. The molecule has 6 heteroatoms. The van der Waals surface area contributed by atoms with Gasteiger partial charge in [-0.15, -0.1) is 0 Å². The number of carbonyl (C=O) groups is 1. The molecule has 30 heavy (non-hydrogen) atoms. The maximum atomic E-state index is 11.6. The van der Waals surface area contributed by atoms with E-state index >= 15 is 0 Å². The van der Waals surface area contributed by atoms with Crippen LogP contribution < -0.4 is 0 Å². The largest absolute Gasteiger partial charge is 0.462 e. The molecule has 1 aliphatic rings. The number of aliphatic hydroxyl groups excluding tert-OH is 1. The molecule has 1 N–H and O–H groups in total. The Morgan fingerprint density at radius 3 is 2.37 bits per heavy atom. The van der Waals surface area contributed by atoms with E-state index in [1.165, 1.54) is 17.2 Å². The Hall–Kier alpha value is -2.18. The summed E-state index contributed by atoms with van der Waals surface area (Å²) < 4.78 is 5.00. The van der Waals surface area contributed by atoms with E-state index in [2.05, 4.69) is 46.2 Å². The number of ether oxygens (including phenoxy) is 1. The SMILES string of the molecule is O=C(C=CCN1CCN(C(c2ccccc2)c2ccc(Cl)cc2)CC1)OCCCO. The number of hydrogen-bond donors (Lipinski definition) is 1. The van der Waals surface area contributed by atoms with E-state index in [9.17, 15) is 4.79 Å². The molecule has 2 aromatic carbocycles. The van der Waals surface area contributed by atoms with Gasteiger partial charge in [-0.05, 0) is 23.3 Å². The number of nitrogens with zero attached hydrogens (tertiary/aromatic N) is 2. The van der Waals surface area contributed by atoms with E-state index in [4.69, 9.17) is 21.4 Å². The number of esters is 1. The van der Waals surface area contributed by atoms with Gasteiger partial charge in [-0.2, -0.15) is 0 Å². The fourth-order valence-electron chi connectivity index (χ4n) is 3.68. The fourth-order valence-corrected chi connectivity index (χ4v) is 3.81. The Labute approximate surface area is 183 Å². The van der Waals surface area contributed by atoms with Gasteiger partial charge in [0.1, 0.15) is 0 Å². The minimum absolute atomic E-state index is 0.0290. The highest BCUT2D eigenvalue weighted by Gasteiger charge is 2.26. The quantitative estimate of drug-likeness (QED) is 0.376. The Morgan fingerprint density at radius 1 is 1.03 bits per heavy atom. The monoisotopic (exact) mass is 428 g/mol. The van der Waals surface area contributed by atoms with Crippen LogP contribution in [-0.2, 0) is 9.53 Å². The van der Waals surface area contributed by atoms with Crippen molar-refractivity contribution in [1.82, 2.24) is 9.80 Å². The van der Waals surface area contributed by atoms with Gasteiger partial charge in [-0.1, -0.05) is 60.1 Å². The highest BCUT2D eigenvalue weighted by Crippen LogP contribution is 2.30. The van der Waals surface area contributed by atoms with Crippen LogP contribution in [0.1, 0.15) is 23.6 Å². The Kier molecular flexibility index (Phi) is 8.90. The molecule has 0 saturated carbocycles. The lowest BCUT2D eigenvalue weighted by atomic mass is 9.96. The second-order valence-electron chi connectivity index (χ2n) is 7.35. The second-order valence-corrected chi connectivity index (χ2v) is 7.78. The van der Waals surface area contributed by atoms with Crippen molar-refractivity contribution in [1.29, 1.82) is 0 Å². The van der Waals surface area contributed by atoms with Crippen LogP contribution >= 0.6 is 11.6 Å². The van der Waals surface area contributed by atoms with Crippen LogP contribution in [0.3, 0.4) is 0 Å². The summed E-state index contributed by atoms with van der Waals surface area (Å²) in [4.78, 5) is 16.4. The summed E-state index contributed by atoms with van der Waals surface area (Å²) in [5, 5.41) is 9.46. The van der Waals surface area contributed by atoms with Crippen molar-refractivity contribution in [2.75, 3.05) is 45.9 Å². The molecule has 3 rings (SSSR count).